The molecular weight excluding hydrogens is 985 g/mol. The Balaban J connectivity index is 4.29. The predicted octanol–water partition coefficient (Wildman–Crippen LogP) is 24.1. The average molecular weight is 1120 g/mol. The smallest absolute Gasteiger partial charge is 0.306 e. The number of hydrogen-bond acceptors (Lipinski definition) is 6. The van der Waals surface area contributed by atoms with Crippen LogP contribution in [-0.4, -0.2) is 37.2 Å². The molecule has 464 valence electrons. The second kappa shape index (κ2) is 68.3. The minimum absolute atomic E-state index is 0.0847. The lowest BCUT2D eigenvalue weighted by atomic mass is 10.0. The SMILES string of the molecule is CC/C=C\C/C=C\C/C=C\C/C=C\CCCCC(=O)OCC(COC(=O)CCCCCCCCCCCCCCCCC/C=C\C/C=C\CCCCCCC)OC(=O)CCCCCCCCCCCCCCCCCCCCCC. The third-order valence-corrected chi connectivity index (χ3v) is 15.4. The molecule has 0 amide bonds. The van der Waals surface area contributed by atoms with Crippen LogP contribution in [0, 0.1) is 0 Å². The van der Waals surface area contributed by atoms with E-state index in [-0.39, 0.29) is 31.1 Å². The van der Waals surface area contributed by atoms with Crippen molar-refractivity contribution >= 4 is 17.9 Å². The minimum Gasteiger partial charge on any atom is -0.462 e. The number of carbonyl (C=O) groups is 3. The first-order valence-electron chi connectivity index (χ1n) is 34.9. The summed E-state index contributed by atoms with van der Waals surface area (Å²) >= 11 is 0. The van der Waals surface area contributed by atoms with Crippen LogP contribution < -0.4 is 0 Å². The molecule has 0 aromatic carbocycles. The van der Waals surface area contributed by atoms with Crippen molar-refractivity contribution in [3.05, 3.63) is 72.9 Å². The van der Waals surface area contributed by atoms with Crippen molar-refractivity contribution in [2.24, 2.45) is 0 Å². The van der Waals surface area contributed by atoms with Gasteiger partial charge in [-0.1, -0.05) is 325 Å². The molecule has 0 saturated carbocycles. The fraction of sp³-hybridized carbons (Fsp3) is 0.797. The maximum Gasteiger partial charge on any atom is 0.306 e. The highest BCUT2D eigenvalue weighted by Crippen LogP contribution is 2.18. The standard InChI is InChI=1S/C74H132O6/c1-4-7-10-13-16-19-22-25-28-30-32-34-35-36-37-38-39-40-42-43-46-49-52-55-58-61-64-67-73(76)79-70-71(69-78-72(75)66-63-60-57-54-51-48-45-27-24-21-18-15-12-9-6-3)80-74(77)68-65-62-59-56-53-50-47-44-41-33-31-29-26-23-20-17-14-11-8-5-2/h9,12,18,21-22,25,27,30,32,45,51,54,71H,4-8,10-11,13-17,19-20,23-24,26,28-29,31,33-44,46-50,52-53,55-70H2,1-3H3/b12-9-,21-18-,25-22-,32-30-,45-27-,54-51-. The molecular formula is C74H132O6. The van der Waals surface area contributed by atoms with Crippen LogP contribution in [0.1, 0.15) is 361 Å². The van der Waals surface area contributed by atoms with Gasteiger partial charge in [0.05, 0.1) is 0 Å². The molecule has 0 N–H and O–H groups in total. The Hall–Kier alpha value is -3.15. The van der Waals surface area contributed by atoms with Crippen LogP contribution in [0.4, 0.5) is 0 Å². The van der Waals surface area contributed by atoms with Crippen molar-refractivity contribution < 1.29 is 28.6 Å². The first-order chi connectivity index (χ1) is 39.5. The molecule has 1 atom stereocenters. The summed E-state index contributed by atoms with van der Waals surface area (Å²) in [5.41, 5.74) is 0. The van der Waals surface area contributed by atoms with Gasteiger partial charge in [0.15, 0.2) is 6.10 Å². The first-order valence-corrected chi connectivity index (χ1v) is 34.9. The van der Waals surface area contributed by atoms with Gasteiger partial charge in [-0.3, -0.25) is 14.4 Å². The summed E-state index contributed by atoms with van der Waals surface area (Å²) < 4.78 is 16.9. The Labute approximate surface area is 497 Å². The Bertz CT molecular complexity index is 1470. The van der Waals surface area contributed by atoms with Crippen LogP contribution >= 0.6 is 0 Å². The van der Waals surface area contributed by atoms with E-state index in [9.17, 15) is 14.4 Å². The molecule has 0 aliphatic heterocycles. The van der Waals surface area contributed by atoms with E-state index in [1.165, 1.54) is 231 Å². The largest absolute Gasteiger partial charge is 0.462 e. The number of rotatable bonds is 64. The van der Waals surface area contributed by atoms with Gasteiger partial charge in [-0.15, -0.1) is 0 Å². The first kappa shape index (κ1) is 76.9. The van der Waals surface area contributed by atoms with Crippen LogP contribution in [0.3, 0.4) is 0 Å². The highest BCUT2D eigenvalue weighted by Gasteiger charge is 2.19. The van der Waals surface area contributed by atoms with E-state index < -0.39 is 6.10 Å². The van der Waals surface area contributed by atoms with E-state index in [0.29, 0.717) is 19.3 Å². The van der Waals surface area contributed by atoms with E-state index in [1.807, 2.05) is 0 Å². The normalized spacial score (nSPS) is 12.5. The molecule has 0 radical (unpaired) electrons. The highest BCUT2D eigenvalue weighted by molar-refractivity contribution is 5.71. The molecule has 1 unspecified atom stereocenters. The molecule has 0 fully saturated rings. The van der Waals surface area contributed by atoms with Crippen LogP contribution in [0.15, 0.2) is 72.9 Å². The number of allylic oxidation sites excluding steroid dienone is 12. The molecule has 6 nitrogen and oxygen atoms in total. The van der Waals surface area contributed by atoms with Gasteiger partial charge in [-0.05, 0) is 89.9 Å². The molecule has 0 aromatic rings. The van der Waals surface area contributed by atoms with Crippen molar-refractivity contribution in [1.29, 1.82) is 0 Å². The molecule has 0 aromatic heterocycles. The van der Waals surface area contributed by atoms with Gasteiger partial charge in [-0.25, -0.2) is 0 Å². The number of esters is 3. The summed E-state index contributed by atoms with van der Waals surface area (Å²) in [4.78, 5) is 38.4. The van der Waals surface area contributed by atoms with Gasteiger partial charge < -0.3 is 14.2 Å². The van der Waals surface area contributed by atoms with Crippen LogP contribution in [-0.2, 0) is 28.6 Å². The van der Waals surface area contributed by atoms with Crippen LogP contribution in [0.25, 0.3) is 0 Å². The fourth-order valence-electron chi connectivity index (χ4n) is 10.2. The second-order valence-corrected chi connectivity index (χ2v) is 23.4. The van der Waals surface area contributed by atoms with Crippen molar-refractivity contribution in [3.63, 3.8) is 0 Å². The van der Waals surface area contributed by atoms with Crippen LogP contribution in [0.2, 0.25) is 0 Å². The number of hydrogen-bond donors (Lipinski definition) is 0. The van der Waals surface area contributed by atoms with Gasteiger partial charge in [0.2, 0.25) is 0 Å². The Morgan fingerprint density at radius 3 is 0.787 bits per heavy atom. The molecule has 0 spiro atoms. The van der Waals surface area contributed by atoms with E-state index in [4.69, 9.17) is 14.2 Å². The number of unbranched alkanes of at least 4 members (excludes halogenated alkanes) is 41. The summed E-state index contributed by atoms with van der Waals surface area (Å²) in [6.07, 6.45) is 89.3. The number of carbonyl (C=O) groups excluding carboxylic acids is 3. The summed E-state index contributed by atoms with van der Waals surface area (Å²) in [6, 6.07) is 0. The Morgan fingerprint density at radius 2 is 0.487 bits per heavy atom. The molecule has 0 heterocycles. The highest BCUT2D eigenvalue weighted by atomic mass is 16.6. The zero-order valence-electron chi connectivity index (χ0n) is 53.3. The topological polar surface area (TPSA) is 78.9 Å². The van der Waals surface area contributed by atoms with E-state index in [2.05, 4.69) is 93.7 Å². The van der Waals surface area contributed by atoms with E-state index >= 15 is 0 Å². The quantitative estimate of drug-likeness (QED) is 0.0261. The Morgan fingerprint density at radius 1 is 0.263 bits per heavy atom. The fourth-order valence-corrected chi connectivity index (χ4v) is 10.2. The lowest BCUT2D eigenvalue weighted by Crippen LogP contribution is -2.30. The van der Waals surface area contributed by atoms with Gasteiger partial charge in [0, 0.05) is 19.3 Å². The predicted molar refractivity (Wildman–Crippen MR) is 348 cm³/mol. The lowest BCUT2D eigenvalue weighted by Gasteiger charge is -2.18. The molecule has 0 aliphatic rings. The summed E-state index contributed by atoms with van der Waals surface area (Å²) in [5.74, 6) is -0.906. The molecule has 0 rings (SSSR count). The van der Waals surface area contributed by atoms with Crippen LogP contribution in [0.5, 0.6) is 0 Å². The Kier molecular flexibility index (Phi) is 65.7. The minimum atomic E-state index is -0.792. The molecule has 80 heavy (non-hydrogen) atoms. The van der Waals surface area contributed by atoms with E-state index in [1.54, 1.807) is 0 Å². The summed E-state index contributed by atoms with van der Waals surface area (Å²) in [5, 5.41) is 0. The third-order valence-electron chi connectivity index (χ3n) is 15.4. The second-order valence-electron chi connectivity index (χ2n) is 23.4. The van der Waals surface area contributed by atoms with Gasteiger partial charge in [0.25, 0.3) is 0 Å². The van der Waals surface area contributed by atoms with Crippen molar-refractivity contribution in [3.8, 4) is 0 Å². The summed E-state index contributed by atoms with van der Waals surface area (Å²) in [6.45, 7) is 6.54. The third kappa shape index (κ3) is 65.7. The van der Waals surface area contributed by atoms with Crippen molar-refractivity contribution in [1.82, 2.24) is 0 Å². The van der Waals surface area contributed by atoms with Crippen molar-refractivity contribution in [2.45, 2.75) is 367 Å². The van der Waals surface area contributed by atoms with Gasteiger partial charge >= 0.3 is 17.9 Å². The monoisotopic (exact) mass is 1120 g/mol. The molecule has 6 heteroatoms. The zero-order chi connectivity index (χ0) is 57.8. The summed E-state index contributed by atoms with van der Waals surface area (Å²) in [7, 11) is 0. The molecule has 0 bridgehead atoms. The maximum absolute atomic E-state index is 12.9. The zero-order valence-corrected chi connectivity index (χ0v) is 53.3. The van der Waals surface area contributed by atoms with Gasteiger partial charge in [0.1, 0.15) is 13.2 Å². The maximum atomic E-state index is 12.9. The number of ether oxygens (including phenoxy) is 3. The van der Waals surface area contributed by atoms with Crippen molar-refractivity contribution in [2.75, 3.05) is 13.2 Å². The molecule has 0 saturated heterocycles. The van der Waals surface area contributed by atoms with Gasteiger partial charge in [-0.2, -0.15) is 0 Å². The molecule has 0 aliphatic carbocycles. The average Bonchev–Trinajstić information content (AvgIpc) is 3.46. The van der Waals surface area contributed by atoms with E-state index in [0.717, 1.165) is 89.9 Å². The lowest BCUT2D eigenvalue weighted by molar-refractivity contribution is -0.167.